The van der Waals surface area contributed by atoms with E-state index in [1.807, 2.05) is 6.92 Å². The first-order chi connectivity index (χ1) is 8.54. The molecule has 0 fully saturated rings. The van der Waals surface area contributed by atoms with Crippen LogP contribution in [0.4, 0.5) is 8.78 Å². The molecule has 1 aromatic carbocycles. The Hall–Kier alpha value is -1.49. The van der Waals surface area contributed by atoms with Crippen LogP contribution in [-0.4, -0.2) is 19.0 Å². The third kappa shape index (κ3) is 4.41. The van der Waals surface area contributed by atoms with E-state index in [0.29, 0.717) is 13.0 Å². The summed E-state index contributed by atoms with van der Waals surface area (Å²) in [6.07, 6.45) is 0.315. The van der Waals surface area contributed by atoms with Crippen LogP contribution in [0.3, 0.4) is 0 Å². The van der Waals surface area contributed by atoms with Crippen LogP contribution in [-0.2, 0) is 4.79 Å². The quantitative estimate of drug-likeness (QED) is 0.766. The van der Waals surface area contributed by atoms with E-state index in [2.05, 4.69) is 10.6 Å². The van der Waals surface area contributed by atoms with E-state index < -0.39 is 17.7 Å². The Balaban J connectivity index is 2.56. The maximum atomic E-state index is 13.4. The number of amides is 1. The second-order valence-corrected chi connectivity index (χ2v) is 4.06. The molecule has 0 aliphatic rings. The molecule has 100 valence electrons. The molecular formula is C13H18F2N2O. The molecule has 1 aromatic rings. The summed E-state index contributed by atoms with van der Waals surface area (Å²) in [6.45, 7) is 4.94. The predicted molar refractivity (Wildman–Crippen MR) is 66.1 cm³/mol. The Kier molecular flexibility index (Phi) is 5.71. The van der Waals surface area contributed by atoms with Gasteiger partial charge in [0.2, 0.25) is 5.91 Å². The van der Waals surface area contributed by atoms with E-state index in [-0.39, 0.29) is 11.5 Å². The minimum atomic E-state index is -0.546. The van der Waals surface area contributed by atoms with Crippen molar-refractivity contribution in [2.75, 3.05) is 13.1 Å². The van der Waals surface area contributed by atoms with Crippen molar-refractivity contribution >= 4 is 5.91 Å². The van der Waals surface area contributed by atoms with Crippen molar-refractivity contribution in [1.29, 1.82) is 0 Å². The fourth-order valence-electron chi connectivity index (χ4n) is 1.62. The molecule has 2 N–H and O–H groups in total. The molecule has 1 atom stereocenters. The predicted octanol–water partition coefficient (Wildman–Crippen LogP) is 2.14. The number of hydrogen-bond acceptors (Lipinski definition) is 2. The van der Waals surface area contributed by atoms with Crippen molar-refractivity contribution in [3.8, 4) is 0 Å². The molecule has 0 aromatic heterocycles. The Bertz CT molecular complexity index is 410. The normalized spacial score (nSPS) is 12.2. The van der Waals surface area contributed by atoms with Gasteiger partial charge >= 0.3 is 0 Å². The number of hydrogen-bond donors (Lipinski definition) is 2. The van der Waals surface area contributed by atoms with Gasteiger partial charge in [-0.25, -0.2) is 8.78 Å². The second-order valence-electron chi connectivity index (χ2n) is 4.06. The van der Waals surface area contributed by atoms with Crippen LogP contribution in [0.2, 0.25) is 0 Å². The van der Waals surface area contributed by atoms with E-state index in [1.165, 1.54) is 0 Å². The maximum Gasteiger partial charge on any atom is 0.221 e. The van der Waals surface area contributed by atoms with Crippen LogP contribution >= 0.6 is 0 Å². The molecule has 0 aliphatic heterocycles. The molecule has 0 aliphatic carbocycles. The zero-order valence-electron chi connectivity index (χ0n) is 10.6. The summed E-state index contributed by atoms with van der Waals surface area (Å²) in [7, 11) is 0. The molecule has 1 unspecified atom stereocenters. The molecule has 5 heteroatoms. The van der Waals surface area contributed by atoms with Crippen LogP contribution in [0.5, 0.6) is 0 Å². The van der Waals surface area contributed by atoms with Gasteiger partial charge in [0.25, 0.3) is 0 Å². The van der Waals surface area contributed by atoms with Gasteiger partial charge < -0.3 is 10.6 Å². The maximum absolute atomic E-state index is 13.4. The Morgan fingerprint density at radius 1 is 1.39 bits per heavy atom. The molecule has 0 radical (unpaired) electrons. The van der Waals surface area contributed by atoms with Crippen molar-refractivity contribution in [2.45, 2.75) is 26.3 Å². The van der Waals surface area contributed by atoms with Gasteiger partial charge in [-0.3, -0.25) is 4.79 Å². The minimum absolute atomic E-state index is 0.159. The summed E-state index contributed by atoms with van der Waals surface area (Å²) in [4.78, 5) is 11.5. The lowest BCUT2D eigenvalue weighted by molar-refractivity contribution is -0.121. The number of halogens is 2. The third-order valence-corrected chi connectivity index (χ3v) is 2.58. The topological polar surface area (TPSA) is 41.1 Å². The third-order valence-electron chi connectivity index (χ3n) is 2.58. The first kappa shape index (κ1) is 14.6. The van der Waals surface area contributed by atoms with Crippen molar-refractivity contribution in [2.24, 2.45) is 0 Å². The van der Waals surface area contributed by atoms with Gasteiger partial charge in [-0.05, 0) is 31.7 Å². The Morgan fingerprint density at radius 2 is 2.11 bits per heavy atom. The lowest BCUT2D eigenvalue weighted by Gasteiger charge is -2.15. The summed E-state index contributed by atoms with van der Waals surface area (Å²) >= 11 is 0. The molecule has 0 saturated heterocycles. The first-order valence-electron chi connectivity index (χ1n) is 5.99. The SMILES string of the molecule is CCNCCC(=O)NC(C)c1cc(F)ccc1F. The molecule has 3 nitrogen and oxygen atoms in total. The Labute approximate surface area is 106 Å². The smallest absolute Gasteiger partial charge is 0.221 e. The van der Waals surface area contributed by atoms with Crippen molar-refractivity contribution in [1.82, 2.24) is 10.6 Å². The molecular weight excluding hydrogens is 238 g/mol. The standard InChI is InChI=1S/C13H18F2N2O/c1-3-16-7-6-13(18)17-9(2)11-8-10(14)4-5-12(11)15/h4-5,8-9,16H,3,6-7H2,1-2H3,(H,17,18). The molecule has 0 bridgehead atoms. The molecule has 0 spiro atoms. The first-order valence-corrected chi connectivity index (χ1v) is 5.99. The second kappa shape index (κ2) is 7.06. The molecule has 1 rings (SSSR count). The average Bonchev–Trinajstić information content (AvgIpc) is 2.32. The summed E-state index contributed by atoms with van der Waals surface area (Å²) in [5.74, 6) is -1.22. The number of benzene rings is 1. The zero-order valence-corrected chi connectivity index (χ0v) is 10.6. The highest BCUT2D eigenvalue weighted by atomic mass is 19.1. The van der Waals surface area contributed by atoms with Gasteiger partial charge in [-0.1, -0.05) is 6.92 Å². The van der Waals surface area contributed by atoms with Crippen LogP contribution < -0.4 is 10.6 Å². The van der Waals surface area contributed by atoms with Gasteiger partial charge in [-0.2, -0.15) is 0 Å². The lowest BCUT2D eigenvalue weighted by Crippen LogP contribution is -2.30. The number of rotatable bonds is 6. The van der Waals surface area contributed by atoms with Crippen LogP contribution in [0.15, 0.2) is 18.2 Å². The van der Waals surface area contributed by atoms with E-state index in [0.717, 1.165) is 24.7 Å². The summed E-state index contributed by atoms with van der Waals surface area (Å²) in [5, 5.41) is 5.66. The van der Waals surface area contributed by atoms with Gasteiger partial charge in [0.05, 0.1) is 6.04 Å². The summed E-state index contributed by atoms with van der Waals surface area (Å²) in [5.41, 5.74) is 0.159. The van der Waals surface area contributed by atoms with Gasteiger partial charge in [-0.15, -0.1) is 0 Å². The average molecular weight is 256 g/mol. The van der Waals surface area contributed by atoms with E-state index >= 15 is 0 Å². The number of carbonyl (C=O) groups is 1. The molecule has 18 heavy (non-hydrogen) atoms. The van der Waals surface area contributed by atoms with Crippen LogP contribution in [0, 0.1) is 11.6 Å². The highest BCUT2D eigenvalue weighted by molar-refractivity contribution is 5.76. The summed E-state index contributed by atoms with van der Waals surface area (Å²) < 4.78 is 26.5. The minimum Gasteiger partial charge on any atom is -0.349 e. The van der Waals surface area contributed by atoms with Crippen LogP contribution in [0.25, 0.3) is 0 Å². The lowest BCUT2D eigenvalue weighted by atomic mass is 10.1. The monoisotopic (exact) mass is 256 g/mol. The largest absolute Gasteiger partial charge is 0.349 e. The summed E-state index contributed by atoms with van der Waals surface area (Å²) in [6, 6.07) is 2.67. The van der Waals surface area contributed by atoms with E-state index in [1.54, 1.807) is 6.92 Å². The highest BCUT2D eigenvalue weighted by Gasteiger charge is 2.14. The van der Waals surface area contributed by atoms with Crippen molar-refractivity contribution < 1.29 is 13.6 Å². The molecule has 0 heterocycles. The van der Waals surface area contributed by atoms with Gasteiger partial charge in [0.15, 0.2) is 0 Å². The van der Waals surface area contributed by atoms with E-state index in [9.17, 15) is 13.6 Å². The number of nitrogens with one attached hydrogen (secondary N) is 2. The van der Waals surface area contributed by atoms with Crippen LogP contribution in [0.1, 0.15) is 31.9 Å². The van der Waals surface area contributed by atoms with Gasteiger partial charge in [0, 0.05) is 18.5 Å². The fourth-order valence-corrected chi connectivity index (χ4v) is 1.62. The van der Waals surface area contributed by atoms with Crippen molar-refractivity contribution in [3.63, 3.8) is 0 Å². The molecule has 0 saturated carbocycles. The number of carbonyl (C=O) groups excluding carboxylic acids is 1. The molecule has 1 amide bonds. The van der Waals surface area contributed by atoms with Crippen molar-refractivity contribution in [3.05, 3.63) is 35.4 Å². The highest BCUT2D eigenvalue weighted by Crippen LogP contribution is 2.17. The fraction of sp³-hybridized carbons (Fsp3) is 0.462. The zero-order chi connectivity index (χ0) is 13.5. The van der Waals surface area contributed by atoms with E-state index in [4.69, 9.17) is 0 Å². The Morgan fingerprint density at radius 3 is 2.78 bits per heavy atom. The van der Waals surface area contributed by atoms with Gasteiger partial charge in [0.1, 0.15) is 11.6 Å².